The van der Waals surface area contributed by atoms with Gasteiger partial charge in [-0.1, -0.05) is 6.07 Å². The van der Waals surface area contributed by atoms with Crippen LogP contribution in [0.25, 0.3) is 6.08 Å². The first-order valence-electron chi connectivity index (χ1n) is 7.07. The largest absolute Gasteiger partial charge is 0.486 e. The van der Waals surface area contributed by atoms with E-state index in [0.29, 0.717) is 24.7 Å². The molecule has 2 rings (SSSR count). The van der Waals surface area contributed by atoms with Crippen molar-refractivity contribution in [3.63, 3.8) is 0 Å². The molecule has 1 heterocycles. The zero-order valence-corrected chi connectivity index (χ0v) is 12.4. The second-order valence-corrected chi connectivity index (χ2v) is 4.60. The third kappa shape index (κ3) is 5.36. The van der Waals surface area contributed by atoms with Crippen LogP contribution in [-0.4, -0.2) is 38.2 Å². The summed E-state index contributed by atoms with van der Waals surface area (Å²) < 4.78 is 15.6. The molecule has 1 aromatic carbocycles. The summed E-state index contributed by atoms with van der Waals surface area (Å²) in [6.45, 7) is 0.865. The lowest BCUT2D eigenvalue weighted by Gasteiger charge is -2.18. The Bertz CT molecular complexity index is 648. The second kappa shape index (κ2) is 8.44. The van der Waals surface area contributed by atoms with Gasteiger partial charge in [-0.2, -0.15) is 5.26 Å². The van der Waals surface area contributed by atoms with Crippen LogP contribution in [0.3, 0.4) is 0 Å². The highest BCUT2D eigenvalue weighted by molar-refractivity contribution is 5.89. The Morgan fingerprint density at radius 2 is 2.09 bits per heavy atom. The number of amides is 1. The molecule has 0 saturated carbocycles. The summed E-state index contributed by atoms with van der Waals surface area (Å²) in [7, 11) is 0. The van der Waals surface area contributed by atoms with Crippen molar-refractivity contribution >= 4 is 18.0 Å². The first-order chi connectivity index (χ1) is 11.2. The molecule has 0 aromatic heterocycles. The maximum atomic E-state index is 11.5. The Morgan fingerprint density at radius 3 is 2.87 bits per heavy atom. The van der Waals surface area contributed by atoms with Gasteiger partial charge in [0.2, 0.25) is 0 Å². The molecule has 23 heavy (non-hydrogen) atoms. The van der Waals surface area contributed by atoms with Crippen LogP contribution >= 0.6 is 0 Å². The van der Waals surface area contributed by atoms with E-state index in [1.165, 1.54) is 6.08 Å². The zero-order chi connectivity index (χ0) is 16.5. The lowest BCUT2D eigenvalue weighted by atomic mass is 10.2. The molecule has 0 radical (unpaired) electrons. The molecule has 0 spiro atoms. The number of nitriles is 1. The molecule has 1 N–H and O–H groups in total. The van der Waals surface area contributed by atoms with E-state index in [1.807, 2.05) is 6.07 Å². The third-order valence-corrected chi connectivity index (χ3v) is 2.88. The highest BCUT2D eigenvalue weighted by atomic mass is 16.6. The number of fused-ring (bicyclic) bond motifs is 1. The quantitative estimate of drug-likeness (QED) is 0.478. The van der Waals surface area contributed by atoms with E-state index < -0.39 is 11.9 Å². The van der Waals surface area contributed by atoms with Crippen molar-refractivity contribution < 1.29 is 23.8 Å². The molecule has 0 bridgehead atoms. The number of carbonyl (C=O) groups excluding carboxylic acids is 2. The molecule has 0 unspecified atom stereocenters. The monoisotopic (exact) mass is 316 g/mol. The summed E-state index contributed by atoms with van der Waals surface area (Å²) in [5, 5.41) is 10.8. The lowest BCUT2D eigenvalue weighted by Crippen LogP contribution is -2.29. The van der Waals surface area contributed by atoms with Gasteiger partial charge in [-0.25, -0.2) is 4.79 Å². The second-order valence-electron chi connectivity index (χ2n) is 4.60. The SMILES string of the molecule is N#CCCNC(=O)COC(=O)/C=C/c1ccc2c(c1)OCCO2. The molecule has 0 atom stereocenters. The fourth-order valence-corrected chi connectivity index (χ4v) is 1.82. The fraction of sp³-hybridized carbons (Fsp3) is 0.312. The third-order valence-electron chi connectivity index (χ3n) is 2.88. The minimum absolute atomic E-state index is 0.212. The number of nitrogens with one attached hydrogen (secondary N) is 1. The summed E-state index contributed by atoms with van der Waals surface area (Å²) in [5.41, 5.74) is 0.754. The van der Waals surface area contributed by atoms with Gasteiger partial charge >= 0.3 is 5.97 Å². The first-order valence-corrected chi connectivity index (χ1v) is 7.07. The molecule has 1 aromatic rings. The summed E-state index contributed by atoms with van der Waals surface area (Å²) in [5.74, 6) is 0.227. The average Bonchev–Trinajstić information content (AvgIpc) is 2.58. The average molecular weight is 316 g/mol. The van der Waals surface area contributed by atoms with Gasteiger partial charge in [0.1, 0.15) is 13.2 Å². The van der Waals surface area contributed by atoms with Crippen LogP contribution in [-0.2, 0) is 14.3 Å². The number of carbonyl (C=O) groups is 2. The Morgan fingerprint density at radius 1 is 1.30 bits per heavy atom. The molecular formula is C16H16N2O5. The van der Waals surface area contributed by atoms with Gasteiger partial charge in [0.25, 0.3) is 5.91 Å². The zero-order valence-electron chi connectivity index (χ0n) is 12.4. The maximum Gasteiger partial charge on any atom is 0.331 e. The molecule has 0 saturated heterocycles. The molecule has 7 nitrogen and oxygen atoms in total. The van der Waals surface area contributed by atoms with Crippen LogP contribution in [0, 0.1) is 11.3 Å². The lowest BCUT2D eigenvalue weighted by molar-refractivity contribution is -0.143. The van der Waals surface area contributed by atoms with Gasteiger partial charge < -0.3 is 19.5 Å². The van der Waals surface area contributed by atoms with Crippen molar-refractivity contribution in [2.75, 3.05) is 26.4 Å². The summed E-state index contributed by atoms with van der Waals surface area (Å²) in [4.78, 5) is 22.8. The van der Waals surface area contributed by atoms with E-state index in [0.717, 1.165) is 5.56 Å². The van der Waals surface area contributed by atoms with Crippen LogP contribution in [0.5, 0.6) is 11.5 Å². The molecule has 0 aliphatic carbocycles. The van der Waals surface area contributed by atoms with E-state index in [4.69, 9.17) is 19.5 Å². The van der Waals surface area contributed by atoms with Gasteiger partial charge in [0.15, 0.2) is 18.1 Å². The Kier molecular flexibility index (Phi) is 6.00. The number of rotatable bonds is 6. The molecule has 1 amide bonds. The van der Waals surface area contributed by atoms with Crippen molar-refractivity contribution in [2.24, 2.45) is 0 Å². The van der Waals surface area contributed by atoms with Gasteiger partial charge in [0, 0.05) is 12.6 Å². The van der Waals surface area contributed by atoms with Crippen LogP contribution in [0.4, 0.5) is 0 Å². The number of nitrogens with zero attached hydrogens (tertiary/aromatic N) is 1. The van der Waals surface area contributed by atoms with Gasteiger partial charge in [-0.15, -0.1) is 0 Å². The Labute approximate surface area is 133 Å². The van der Waals surface area contributed by atoms with Gasteiger partial charge in [-0.05, 0) is 23.8 Å². The van der Waals surface area contributed by atoms with Crippen LogP contribution in [0.1, 0.15) is 12.0 Å². The first kappa shape index (κ1) is 16.4. The predicted octanol–water partition coefficient (Wildman–Crippen LogP) is 1.04. The topological polar surface area (TPSA) is 97.7 Å². The van der Waals surface area contributed by atoms with Crippen molar-refractivity contribution in [3.8, 4) is 17.6 Å². The fourth-order valence-electron chi connectivity index (χ4n) is 1.82. The van der Waals surface area contributed by atoms with E-state index >= 15 is 0 Å². The summed E-state index contributed by atoms with van der Waals surface area (Å²) in [6.07, 6.45) is 3.01. The Hall–Kier alpha value is -3.01. The predicted molar refractivity (Wildman–Crippen MR) is 80.7 cm³/mol. The van der Waals surface area contributed by atoms with Crippen LogP contribution < -0.4 is 14.8 Å². The summed E-state index contributed by atoms with van der Waals surface area (Å²) in [6, 6.07) is 7.20. The van der Waals surface area contributed by atoms with E-state index in [9.17, 15) is 9.59 Å². The van der Waals surface area contributed by atoms with Crippen molar-refractivity contribution in [2.45, 2.75) is 6.42 Å². The summed E-state index contributed by atoms with van der Waals surface area (Å²) >= 11 is 0. The van der Waals surface area contributed by atoms with E-state index in [1.54, 1.807) is 24.3 Å². The number of ether oxygens (including phenoxy) is 3. The minimum Gasteiger partial charge on any atom is -0.486 e. The number of hydrogen-bond donors (Lipinski definition) is 1. The van der Waals surface area contributed by atoms with Crippen molar-refractivity contribution in [1.29, 1.82) is 5.26 Å². The molecular weight excluding hydrogens is 300 g/mol. The number of esters is 1. The van der Waals surface area contributed by atoms with E-state index in [2.05, 4.69) is 5.32 Å². The molecule has 1 aliphatic rings. The van der Waals surface area contributed by atoms with E-state index in [-0.39, 0.29) is 19.6 Å². The molecule has 120 valence electrons. The number of hydrogen-bond acceptors (Lipinski definition) is 6. The van der Waals surface area contributed by atoms with Gasteiger partial charge in [-0.3, -0.25) is 4.79 Å². The highest BCUT2D eigenvalue weighted by Gasteiger charge is 2.11. The molecule has 7 heteroatoms. The van der Waals surface area contributed by atoms with Crippen LogP contribution in [0.15, 0.2) is 24.3 Å². The minimum atomic E-state index is -0.629. The van der Waals surface area contributed by atoms with Crippen molar-refractivity contribution in [3.05, 3.63) is 29.8 Å². The number of benzene rings is 1. The normalized spacial score (nSPS) is 12.5. The molecule has 1 aliphatic heterocycles. The standard InChI is InChI=1S/C16H16N2O5/c17-6-1-7-18-15(19)11-23-16(20)5-3-12-2-4-13-14(10-12)22-9-8-21-13/h2-5,10H,1,7-9,11H2,(H,18,19)/b5-3+. The maximum absolute atomic E-state index is 11.5. The highest BCUT2D eigenvalue weighted by Crippen LogP contribution is 2.31. The van der Waals surface area contributed by atoms with Gasteiger partial charge in [0.05, 0.1) is 12.5 Å². The van der Waals surface area contributed by atoms with Crippen LogP contribution in [0.2, 0.25) is 0 Å². The molecule has 0 fully saturated rings. The Balaban J connectivity index is 1.79. The van der Waals surface area contributed by atoms with Crippen molar-refractivity contribution in [1.82, 2.24) is 5.32 Å². The smallest absolute Gasteiger partial charge is 0.331 e.